The van der Waals surface area contributed by atoms with Crippen LogP contribution >= 0.6 is 15.9 Å². The van der Waals surface area contributed by atoms with E-state index in [1.165, 1.54) is 6.07 Å². The molecule has 3 aromatic rings. The largest absolute Gasteiger partial charge is 0.435 e. The van der Waals surface area contributed by atoms with Gasteiger partial charge in [0.2, 0.25) is 5.89 Å². The fourth-order valence-corrected chi connectivity index (χ4v) is 2.53. The van der Waals surface area contributed by atoms with Gasteiger partial charge in [-0.05, 0) is 36.8 Å². The number of nitrogens with zero attached hydrogens (tertiary/aromatic N) is 2. The third-order valence-corrected chi connectivity index (χ3v) is 4.13. The number of aldehydes is 1. The molecule has 1 heterocycles. The Morgan fingerprint density at radius 2 is 2.19 bits per heavy atom. The third-order valence-electron chi connectivity index (χ3n) is 3.27. The molecule has 0 unspecified atom stereocenters. The summed E-state index contributed by atoms with van der Waals surface area (Å²) in [6.45, 7) is 1.95. The number of carbonyl (C=O) groups excluding carboxylic acids is 1. The van der Waals surface area contributed by atoms with E-state index in [2.05, 4.69) is 20.9 Å². The summed E-state index contributed by atoms with van der Waals surface area (Å²) in [6.07, 6.45) is 0.693. The molecule has 21 heavy (non-hydrogen) atoms. The van der Waals surface area contributed by atoms with Crippen LogP contribution < -0.4 is 0 Å². The maximum atomic E-state index is 10.9. The Hall–Kier alpha value is -2.45. The van der Waals surface area contributed by atoms with Crippen molar-refractivity contribution < 1.29 is 9.21 Å². The molecular weight excluding hydrogens is 332 g/mol. The molecule has 0 N–H and O–H groups in total. The fraction of sp³-hybridized carbons (Fsp3) is 0.0625. The first-order chi connectivity index (χ1) is 10.1. The molecule has 0 aliphatic rings. The lowest BCUT2D eigenvalue weighted by atomic mass is 10.1. The number of oxazole rings is 1. The number of halogens is 1. The number of aromatic nitrogens is 1. The van der Waals surface area contributed by atoms with Gasteiger partial charge in [0.25, 0.3) is 0 Å². The van der Waals surface area contributed by atoms with Crippen molar-refractivity contribution in [1.29, 1.82) is 5.26 Å². The van der Waals surface area contributed by atoms with Gasteiger partial charge in [0.15, 0.2) is 5.58 Å². The molecule has 0 saturated carbocycles. The lowest BCUT2D eigenvalue weighted by molar-refractivity contribution is 0.112. The second kappa shape index (κ2) is 5.15. The second-order valence-electron chi connectivity index (χ2n) is 4.58. The molecule has 0 atom stereocenters. The highest BCUT2D eigenvalue weighted by molar-refractivity contribution is 9.10. The van der Waals surface area contributed by atoms with Gasteiger partial charge in [-0.1, -0.05) is 22.0 Å². The highest BCUT2D eigenvalue weighted by Crippen LogP contribution is 2.31. The van der Waals surface area contributed by atoms with Crippen LogP contribution in [0, 0.1) is 18.3 Å². The first-order valence-corrected chi connectivity index (χ1v) is 6.98. The van der Waals surface area contributed by atoms with Crippen molar-refractivity contribution >= 4 is 33.3 Å². The predicted octanol–water partition coefficient (Wildman–Crippen LogP) is 4.25. The Labute approximate surface area is 129 Å². The summed E-state index contributed by atoms with van der Waals surface area (Å²) in [7, 11) is 0. The van der Waals surface area contributed by atoms with Gasteiger partial charge in [-0.2, -0.15) is 5.26 Å². The highest BCUT2D eigenvalue weighted by atomic mass is 79.9. The van der Waals surface area contributed by atoms with Crippen LogP contribution in [-0.2, 0) is 0 Å². The zero-order valence-electron chi connectivity index (χ0n) is 11.1. The van der Waals surface area contributed by atoms with E-state index < -0.39 is 0 Å². The van der Waals surface area contributed by atoms with Crippen LogP contribution in [0.4, 0.5) is 0 Å². The summed E-state index contributed by atoms with van der Waals surface area (Å²) >= 11 is 3.47. The fourth-order valence-electron chi connectivity index (χ4n) is 2.16. The van der Waals surface area contributed by atoms with Crippen LogP contribution in [0.3, 0.4) is 0 Å². The van der Waals surface area contributed by atoms with Crippen molar-refractivity contribution in [3.05, 3.63) is 51.5 Å². The lowest BCUT2D eigenvalue weighted by Crippen LogP contribution is -1.84. The van der Waals surface area contributed by atoms with E-state index in [1.807, 2.05) is 31.2 Å². The maximum Gasteiger partial charge on any atom is 0.227 e. The number of hydrogen-bond donors (Lipinski definition) is 0. The molecule has 0 saturated heterocycles. The topological polar surface area (TPSA) is 66.9 Å². The first kappa shape index (κ1) is 13.5. The Kier molecular flexibility index (Phi) is 3.32. The van der Waals surface area contributed by atoms with Gasteiger partial charge < -0.3 is 4.42 Å². The van der Waals surface area contributed by atoms with E-state index in [1.54, 1.807) is 6.07 Å². The standard InChI is InChI=1S/C16H9BrN2O2/c1-9-12(3-2-4-13(9)17)16-19-14-6-10(8-20)5-11(7-18)15(14)21-16/h2-6,8H,1H3. The molecule has 0 radical (unpaired) electrons. The SMILES string of the molecule is Cc1c(Br)cccc1-c1nc2cc(C=O)cc(C#N)c2o1. The number of fused-ring (bicyclic) bond motifs is 1. The minimum Gasteiger partial charge on any atom is -0.435 e. The van der Waals surface area contributed by atoms with Crippen LogP contribution in [-0.4, -0.2) is 11.3 Å². The van der Waals surface area contributed by atoms with Crippen LogP contribution in [0.25, 0.3) is 22.6 Å². The van der Waals surface area contributed by atoms with Gasteiger partial charge in [-0.25, -0.2) is 4.98 Å². The second-order valence-corrected chi connectivity index (χ2v) is 5.43. The van der Waals surface area contributed by atoms with Gasteiger partial charge in [-0.15, -0.1) is 0 Å². The Morgan fingerprint density at radius 3 is 2.90 bits per heavy atom. The molecule has 0 fully saturated rings. The van der Waals surface area contributed by atoms with E-state index in [-0.39, 0.29) is 0 Å². The van der Waals surface area contributed by atoms with Crippen LogP contribution in [0.15, 0.2) is 39.2 Å². The minimum atomic E-state index is 0.306. The normalized spacial score (nSPS) is 10.5. The summed E-state index contributed by atoms with van der Waals surface area (Å²) in [5.74, 6) is 0.434. The zero-order valence-corrected chi connectivity index (χ0v) is 12.6. The average molecular weight is 341 g/mol. The van der Waals surface area contributed by atoms with Crippen LogP contribution in [0.1, 0.15) is 21.5 Å². The van der Waals surface area contributed by atoms with E-state index >= 15 is 0 Å². The molecule has 0 aliphatic carbocycles. The van der Waals surface area contributed by atoms with E-state index in [0.717, 1.165) is 15.6 Å². The van der Waals surface area contributed by atoms with Gasteiger partial charge in [-0.3, -0.25) is 4.79 Å². The lowest BCUT2D eigenvalue weighted by Gasteiger charge is -2.02. The van der Waals surface area contributed by atoms with E-state index in [9.17, 15) is 10.1 Å². The number of rotatable bonds is 2. The number of benzene rings is 2. The Bertz CT molecular complexity index is 907. The average Bonchev–Trinajstić information content (AvgIpc) is 2.92. The molecule has 4 nitrogen and oxygen atoms in total. The third kappa shape index (κ3) is 2.24. The highest BCUT2D eigenvalue weighted by Gasteiger charge is 2.15. The van der Waals surface area contributed by atoms with Crippen molar-refractivity contribution in [3.63, 3.8) is 0 Å². The molecule has 0 bridgehead atoms. The first-order valence-electron chi connectivity index (χ1n) is 6.19. The van der Waals surface area contributed by atoms with Crippen LogP contribution in [0.5, 0.6) is 0 Å². The van der Waals surface area contributed by atoms with Gasteiger partial charge in [0.1, 0.15) is 17.9 Å². The van der Waals surface area contributed by atoms with Crippen molar-refractivity contribution in [1.82, 2.24) is 4.98 Å². The zero-order chi connectivity index (χ0) is 15.0. The Balaban J connectivity index is 2.29. The van der Waals surface area contributed by atoms with E-state index in [4.69, 9.17) is 4.42 Å². The van der Waals surface area contributed by atoms with Gasteiger partial charge in [0.05, 0.1) is 5.56 Å². The molecule has 5 heteroatoms. The van der Waals surface area contributed by atoms with Crippen molar-refractivity contribution in [2.45, 2.75) is 6.92 Å². The molecule has 0 amide bonds. The predicted molar refractivity (Wildman–Crippen MR) is 82.0 cm³/mol. The molecule has 0 aliphatic heterocycles. The van der Waals surface area contributed by atoms with Crippen molar-refractivity contribution in [2.75, 3.05) is 0 Å². The Morgan fingerprint density at radius 1 is 1.38 bits per heavy atom. The van der Waals surface area contributed by atoms with Crippen LogP contribution in [0.2, 0.25) is 0 Å². The quantitative estimate of drug-likeness (QED) is 0.654. The van der Waals surface area contributed by atoms with Crippen molar-refractivity contribution in [2.24, 2.45) is 0 Å². The molecule has 3 rings (SSSR count). The van der Waals surface area contributed by atoms with E-state index in [0.29, 0.717) is 34.4 Å². The summed E-state index contributed by atoms with van der Waals surface area (Å²) in [6, 6.07) is 10.9. The van der Waals surface area contributed by atoms with Gasteiger partial charge >= 0.3 is 0 Å². The van der Waals surface area contributed by atoms with Gasteiger partial charge in [0, 0.05) is 15.6 Å². The monoisotopic (exact) mass is 340 g/mol. The van der Waals surface area contributed by atoms with Crippen molar-refractivity contribution in [3.8, 4) is 17.5 Å². The summed E-state index contributed by atoms with van der Waals surface area (Å²) < 4.78 is 6.70. The summed E-state index contributed by atoms with van der Waals surface area (Å²) in [5, 5.41) is 9.17. The number of carbonyl (C=O) groups is 1. The molecule has 102 valence electrons. The molecule has 2 aromatic carbocycles. The number of nitriles is 1. The summed E-state index contributed by atoms with van der Waals surface area (Å²) in [5.41, 5.74) is 3.46. The molecule has 1 aromatic heterocycles. The molecule has 0 spiro atoms. The number of hydrogen-bond acceptors (Lipinski definition) is 4. The minimum absolute atomic E-state index is 0.306. The molecular formula is C16H9BrN2O2. The maximum absolute atomic E-state index is 10.9. The smallest absolute Gasteiger partial charge is 0.227 e. The summed E-state index contributed by atoms with van der Waals surface area (Å²) in [4.78, 5) is 15.3.